The lowest BCUT2D eigenvalue weighted by Gasteiger charge is -2.31. The topological polar surface area (TPSA) is 155 Å². The number of nitrogens with one attached hydrogen (secondary N) is 2. The van der Waals surface area contributed by atoms with Crippen molar-refractivity contribution in [2.75, 3.05) is 25.6 Å². The molecule has 16 heteroatoms. The highest BCUT2D eigenvalue weighted by Crippen LogP contribution is 2.43. The standard InChI is InChI=1S/C26H27Cl3N8O5/c1-5-42-26(39)23-17(32-13(2)21(25(38)40-4)22(23)15-7-6-8-16(27)24(15)29)10-41-11-20-34-36-37(35-20)14(3)33-19-9-18(28)30-12-31-19/h6-9,12,14,22,32H,5,10-11H2,1-4H3,(H,30,31,33). The maximum Gasteiger partial charge on any atom is 0.336 e. The summed E-state index contributed by atoms with van der Waals surface area (Å²) in [6.07, 6.45) is 0.919. The lowest BCUT2D eigenvalue weighted by molar-refractivity contribution is -0.139. The first kappa shape index (κ1) is 31.2. The summed E-state index contributed by atoms with van der Waals surface area (Å²) in [4.78, 5) is 35.6. The van der Waals surface area contributed by atoms with E-state index in [0.717, 1.165) is 0 Å². The van der Waals surface area contributed by atoms with Gasteiger partial charge in [-0.1, -0.05) is 46.9 Å². The van der Waals surface area contributed by atoms with Gasteiger partial charge in [-0.2, -0.15) is 0 Å². The van der Waals surface area contributed by atoms with Gasteiger partial charge in [0.05, 0.1) is 53.1 Å². The largest absolute Gasteiger partial charge is 0.466 e. The van der Waals surface area contributed by atoms with Crippen LogP contribution in [-0.2, 0) is 30.4 Å². The second-order valence-electron chi connectivity index (χ2n) is 8.91. The van der Waals surface area contributed by atoms with Gasteiger partial charge in [-0.15, -0.1) is 15.0 Å². The van der Waals surface area contributed by atoms with Crippen molar-refractivity contribution < 1.29 is 23.8 Å². The van der Waals surface area contributed by atoms with Crippen molar-refractivity contribution in [2.24, 2.45) is 0 Å². The minimum absolute atomic E-state index is 0.0391. The van der Waals surface area contributed by atoms with Gasteiger partial charge >= 0.3 is 11.9 Å². The number of carbonyl (C=O) groups is 2. The average molecular weight is 638 g/mol. The number of esters is 2. The zero-order chi connectivity index (χ0) is 30.4. The maximum atomic E-state index is 13.3. The Bertz CT molecular complexity index is 1540. The van der Waals surface area contributed by atoms with E-state index in [9.17, 15) is 9.59 Å². The Morgan fingerprint density at radius 3 is 2.64 bits per heavy atom. The van der Waals surface area contributed by atoms with Crippen LogP contribution >= 0.6 is 34.8 Å². The van der Waals surface area contributed by atoms with E-state index in [1.807, 2.05) is 0 Å². The third kappa shape index (κ3) is 6.98. The summed E-state index contributed by atoms with van der Waals surface area (Å²) in [6, 6.07) is 6.54. The number of anilines is 1. The molecule has 3 aromatic rings. The minimum atomic E-state index is -0.941. The van der Waals surface area contributed by atoms with Gasteiger partial charge < -0.3 is 24.8 Å². The van der Waals surface area contributed by atoms with Gasteiger partial charge in [-0.3, -0.25) is 0 Å². The predicted octanol–water partition coefficient (Wildman–Crippen LogP) is 4.22. The first-order chi connectivity index (χ1) is 20.1. The van der Waals surface area contributed by atoms with Gasteiger partial charge in [0, 0.05) is 11.8 Å². The maximum absolute atomic E-state index is 13.3. The number of nitrogens with zero attached hydrogens (tertiary/aromatic N) is 6. The molecule has 0 spiro atoms. The molecule has 1 aliphatic heterocycles. The van der Waals surface area contributed by atoms with Crippen molar-refractivity contribution in [2.45, 2.75) is 39.5 Å². The number of rotatable bonds is 11. The zero-order valence-electron chi connectivity index (χ0n) is 23.0. The number of halogens is 3. The SMILES string of the molecule is CCOC(=O)C1=C(COCc2nnn(C(C)Nc3cc(Cl)ncn3)n2)NC(C)=C(C(=O)OC)C1c1cccc(Cl)c1Cl. The fourth-order valence-electron chi connectivity index (χ4n) is 4.30. The Balaban J connectivity index is 1.59. The van der Waals surface area contributed by atoms with Gasteiger partial charge in [-0.25, -0.2) is 19.6 Å². The van der Waals surface area contributed by atoms with Crippen molar-refractivity contribution in [1.82, 2.24) is 35.5 Å². The second-order valence-corrected chi connectivity index (χ2v) is 10.1. The molecule has 2 aromatic heterocycles. The van der Waals surface area contributed by atoms with Crippen molar-refractivity contribution in [3.05, 3.63) is 79.7 Å². The van der Waals surface area contributed by atoms with Gasteiger partial charge in [0.2, 0.25) is 0 Å². The summed E-state index contributed by atoms with van der Waals surface area (Å²) in [7, 11) is 1.25. The highest BCUT2D eigenvalue weighted by Gasteiger charge is 2.40. The Labute approximate surface area is 256 Å². The Morgan fingerprint density at radius 2 is 1.93 bits per heavy atom. The fourth-order valence-corrected chi connectivity index (χ4v) is 4.87. The van der Waals surface area contributed by atoms with E-state index in [1.165, 1.54) is 18.2 Å². The van der Waals surface area contributed by atoms with Gasteiger partial charge in [-0.05, 0) is 37.6 Å². The van der Waals surface area contributed by atoms with E-state index < -0.39 is 24.0 Å². The molecule has 1 aromatic carbocycles. The van der Waals surface area contributed by atoms with Gasteiger partial charge in [0.15, 0.2) is 5.82 Å². The molecule has 0 aliphatic carbocycles. The number of hydrogen-bond donors (Lipinski definition) is 2. The molecular formula is C26H27Cl3N8O5. The molecule has 0 fully saturated rings. The second kappa shape index (κ2) is 13.9. The van der Waals surface area contributed by atoms with Gasteiger partial charge in [0.25, 0.3) is 0 Å². The quantitative estimate of drug-likeness (QED) is 0.228. The highest BCUT2D eigenvalue weighted by atomic mass is 35.5. The fraction of sp³-hybridized carbons (Fsp3) is 0.346. The molecule has 4 rings (SSSR count). The molecule has 0 saturated heterocycles. The van der Waals surface area contributed by atoms with E-state index in [-0.39, 0.29) is 52.0 Å². The summed E-state index contributed by atoms with van der Waals surface area (Å²) in [6.45, 7) is 5.15. The average Bonchev–Trinajstić information content (AvgIpc) is 3.43. The van der Waals surface area contributed by atoms with E-state index in [1.54, 1.807) is 45.0 Å². The van der Waals surface area contributed by atoms with Crippen LogP contribution in [0, 0.1) is 0 Å². The lowest BCUT2D eigenvalue weighted by Crippen LogP contribution is -2.34. The number of aromatic nitrogens is 6. The first-order valence-electron chi connectivity index (χ1n) is 12.6. The van der Waals surface area contributed by atoms with Crippen LogP contribution in [0.25, 0.3) is 0 Å². The number of carbonyl (C=O) groups excluding carboxylic acids is 2. The van der Waals surface area contributed by atoms with Crippen molar-refractivity contribution in [3.63, 3.8) is 0 Å². The summed E-state index contributed by atoms with van der Waals surface area (Å²) in [5.41, 5.74) is 1.56. The van der Waals surface area contributed by atoms with E-state index in [0.29, 0.717) is 22.8 Å². The third-order valence-corrected chi connectivity index (χ3v) is 7.16. The van der Waals surface area contributed by atoms with Crippen LogP contribution in [0.2, 0.25) is 15.2 Å². The Morgan fingerprint density at radius 1 is 1.14 bits per heavy atom. The number of hydrogen-bond acceptors (Lipinski definition) is 12. The molecular weight excluding hydrogens is 611 g/mol. The Hall–Kier alpha value is -3.78. The Kier molecular flexibility index (Phi) is 10.3. The number of tetrazole rings is 1. The summed E-state index contributed by atoms with van der Waals surface area (Å²) in [5, 5.41) is 19.4. The van der Waals surface area contributed by atoms with E-state index in [4.69, 9.17) is 49.0 Å². The number of methoxy groups -OCH3 is 1. The predicted molar refractivity (Wildman–Crippen MR) is 154 cm³/mol. The minimum Gasteiger partial charge on any atom is -0.466 e. The summed E-state index contributed by atoms with van der Waals surface area (Å²) < 4.78 is 16.3. The molecule has 2 atom stereocenters. The molecule has 0 saturated carbocycles. The number of dihydropyridines is 1. The zero-order valence-corrected chi connectivity index (χ0v) is 25.3. The summed E-state index contributed by atoms with van der Waals surface area (Å²) >= 11 is 18.8. The molecule has 0 amide bonds. The van der Waals surface area contributed by atoms with Crippen LogP contribution in [0.5, 0.6) is 0 Å². The smallest absolute Gasteiger partial charge is 0.336 e. The van der Waals surface area contributed by atoms with Gasteiger partial charge in [0.1, 0.15) is 30.1 Å². The normalized spacial score (nSPS) is 15.7. The van der Waals surface area contributed by atoms with E-state index >= 15 is 0 Å². The monoisotopic (exact) mass is 636 g/mol. The number of ether oxygens (including phenoxy) is 3. The van der Waals surface area contributed by atoms with Crippen LogP contribution in [0.1, 0.15) is 44.2 Å². The van der Waals surface area contributed by atoms with Crippen LogP contribution < -0.4 is 10.6 Å². The molecule has 13 nitrogen and oxygen atoms in total. The van der Waals surface area contributed by atoms with Crippen molar-refractivity contribution in [3.8, 4) is 0 Å². The number of allylic oxidation sites excluding steroid dienone is 1. The molecule has 2 N–H and O–H groups in total. The van der Waals surface area contributed by atoms with Crippen LogP contribution in [0.3, 0.4) is 0 Å². The van der Waals surface area contributed by atoms with E-state index in [2.05, 4.69) is 36.0 Å². The molecule has 222 valence electrons. The van der Waals surface area contributed by atoms with Crippen LogP contribution in [0.15, 0.2) is 53.1 Å². The van der Waals surface area contributed by atoms with Crippen LogP contribution in [-0.4, -0.2) is 62.4 Å². The molecule has 3 heterocycles. The molecule has 0 radical (unpaired) electrons. The lowest BCUT2D eigenvalue weighted by atomic mass is 9.80. The first-order valence-corrected chi connectivity index (χ1v) is 13.8. The molecule has 0 bridgehead atoms. The highest BCUT2D eigenvalue weighted by molar-refractivity contribution is 6.42. The third-order valence-electron chi connectivity index (χ3n) is 6.12. The van der Waals surface area contributed by atoms with Crippen LogP contribution in [0.4, 0.5) is 5.82 Å². The molecule has 2 unspecified atom stereocenters. The molecule has 1 aliphatic rings. The summed E-state index contributed by atoms with van der Waals surface area (Å²) in [5.74, 6) is -1.47. The van der Waals surface area contributed by atoms with Crippen molar-refractivity contribution in [1.29, 1.82) is 0 Å². The molecule has 42 heavy (non-hydrogen) atoms. The number of benzene rings is 1. The van der Waals surface area contributed by atoms with Crippen molar-refractivity contribution >= 4 is 52.6 Å².